The summed E-state index contributed by atoms with van der Waals surface area (Å²) in [7, 11) is 0. The standard InChI is InChI=1S/C74H78N4O/c1-48(2)61-29-23-30-62(49(3)4)70(61)50-38-57(76-47-77(68-43-53(71(5,6)7)32-35-66(68)76)58-41-55(72(8,9)10)40-56(42-58)74(13,14)52-26-19-16-20-27-52)45-60(39-50)79-59-33-34-64-63-28-21-22-31-65(63)78(67(64)46-59)69-44-54(36-37-75-69)73(11,12)51-24-17-15-18-25-51/h15-46,48-49H,47H2,1-14H3. The fourth-order valence-electron chi connectivity index (χ4n) is 11.9. The molecule has 1 aliphatic rings. The maximum Gasteiger partial charge on any atom is 0.137 e. The Kier molecular flexibility index (Phi) is 13.5. The van der Waals surface area contributed by atoms with Crippen LogP contribution in [0.15, 0.2) is 194 Å². The van der Waals surface area contributed by atoms with Gasteiger partial charge in [-0.15, -0.1) is 0 Å². The van der Waals surface area contributed by atoms with Crippen molar-refractivity contribution in [2.45, 2.75) is 130 Å². The molecule has 8 aromatic carbocycles. The summed E-state index contributed by atoms with van der Waals surface area (Å²) in [4.78, 5) is 10.1. The molecule has 2 aromatic heterocycles. The summed E-state index contributed by atoms with van der Waals surface area (Å²) in [5.74, 6) is 3.02. The van der Waals surface area contributed by atoms with Crippen LogP contribution in [-0.4, -0.2) is 16.2 Å². The zero-order valence-electron chi connectivity index (χ0n) is 49.0. The van der Waals surface area contributed by atoms with Crippen molar-refractivity contribution in [3.8, 4) is 28.4 Å². The lowest BCUT2D eigenvalue weighted by Gasteiger charge is -2.32. The van der Waals surface area contributed by atoms with Crippen molar-refractivity contribution < 1.29 is 4.74 Å². The van der Waals surface area contributed by atoms with Crippen molar-refractivity contribution in [2.24, 2.45) is 0 Å². The molecular weight excluding hydrogens is 961 g/mol. The Balaban J connectivity index is 1.08. The van der Waals surface area contributed by atoms with Gasteiger partial charge in [-0.25, -0.2) is 4.98 Å². The number of nitrogens with zero attached hydrogens (tertiary/aromatic N) is 4. The van der Waals surface area contributed by atoms with Crippen molar-refractivity contribution in [2.75, 3.05) is 16.5 Å². The number of aromatic nitrogens is 2. The van der Waals surface area contributed by atoms with Gasteiger partial charge in [-0.3, -0.25) is 4.57 Å². The van der Waals surface area contributed by atoms with Crippen LogP contribution in [0.5, 0.6) is 11.5 Å². The van der Waals surface area contributed by atoms with Crippen molar-refractivity contribution >= 4 is 44.6 Å². The number of para-hydroxylation sites is 1. The van der Waals surface area contributed by atoms with E-state index >= 15 is 0 Å². The largest absolute Gasteiger partial charge is 0.457 e. The topological polar surface area (TPSA) is 33.5 Å². The highest BCUT2D eigenvalue weighted by Crippen LogP contribution is 2.50. The van der Waals surface area contributed by atoms with Crippen LogP contribution in [0.1, 0.15) is 153 Å². The Morgan fingerprint density at radius 1 is 0.418 bits per heavy atom. The van der Waals surface area contributed by atoms with E-state index in [4.69, 9.17) is 9.72 Å². The van der Waals surface area contributed by atoms with Gasteiger partial charge < -0.3 is 14.5 Å². The second-order valence-electron chi connectivity index (χ2n) is 25.8. The molecule has 0 spiro atoms. The van der Waals surface area contributed by atoms with Crippen LogP contribution in [-0.2, 0) is 21.7 Å². The van der Waals surface area contributed by atoms with E-state index in [1.807, 2.05) is 6.20 Å². The molecule has 1 aliphatic heterocycles. The number of pyridine rings is 1. The highest BCUT2D eigenvalue weighted by atomic mass is 16.5. The molecule has 0 saturated carbocycles. The number of hydrogen-bond acceptors (Lipinski definition) is 4. The number of hydrogen-bond donors (Lipinski definition) is 0. The Morgan fingerprint density at radius 2 is 1.00 bits per heavy atom. The maximum absolute atomic E-state index is 7.31. The van der Waals surface area contributed by atoms with Crippen molar-refractivity contribution in [3.63, 3.8) is 0 Å². The van der Waals surface area contributed by atoms with Crippen molar-refractivity contribution in [3.05, 3.63) is 239 Å². The highest BCUT2D eigenvalue weighted by Gasteiger charge is 2.34. The van der Waals surface area contributed by atoms with Crippen molar-refractivity contribution in [1.29, 1.82) is 0 Å². The number of benzene rings is 8. The average Bonchev–Trinajstić information content (AvgIpc) is 4.24. The molecule has 79 heavy (non-hydrogen) atoms. The van der Waals surface area contributed by atoms with Crippen LogP contribution >= 0.6 is 0 Å². The number of ether oxygens (including phenoxy) is 1. The number of fused-ring (bicyclic) bond motifs is 4. The minimum absolute atomic E-state index is 0.0546. The summed E-state index contributed by atoms with van der Waals surface area (Å²) in [6.45, 7) is 33.1. The molecule has 0 unspecified atom stereocenters. The second kappa shape index (κ2) is 20.1. The first kappa shape index (κ1) is 53.1. The van der Waals surface area contributed by atoms with E-state index in [-0.39, 0.29) is 21.7 Å². The molecule has 0 radical (unpaired) electrons. The predicted octanol–water partition coefficient (Wildman–Crippen LogP) is 20.4. The quantitative estimate of drug-likeness (QED) is 0.122. The van der Waals surface area contributed by atoms with Crippen LogP contribution < -0.4 is 14.5 Å². The summed E-state index contributed by atoms with van der Waals surface area (Å²) in [6, 6.07) is 69.6. The SMILES string of the molecule is CC(C)c1cccc(C(C)C)c1-c1cc(Oc2ccc3c4ccccc4n(-c4cc(C(C)(C)c5ccccc5)ccn4)c3c2)cc(N2CN(c3cc(C(C)(C)C)cc(C(C)(C)c4ccccc4)c3)c3cc(C(C)(C)C)ccc32)c1. The maximum atomic E-state index is 7.31. The minimum Gasteiger partial charge on any atom is -0.457 e. The monoisotopic (exact) mass is 1040 g/mol. The normalized spacial score (nSPS) is 13.3. The summed E-state index contributed by atoms with van der Waals surface area (Å²) in [5.41, 5.74) is 18.9. The molecule has 0 aliphatic carbocycles. The van der Waals surface area contributed by atoms with Gasteiger partial charge in [-0.1, -0.05) is 206 Å². The first-order valence-electron chi connectivity index (χ1n) is 28.5. The first-order chi connectivity index (χ1) is 37.6. The number of rotatable bonds is 12. The number of anilines is 4. The third kappa shape index (κ3) is 9.92. The molecule has 0 N–H and O–H groups in total. The van der Waals surface area contributed by atoms with E-state index in [0.717, 1.165) is 45.0 Å². The average molecular weight is 1040 g/mol. The smallest absolute Gasteiger partial charge is 0.137 e. The van der Waals surface area contributed by atoms with Gasteiger partial charge in [-0.2, -0.15) is 0 Å². The third-order valence-electron chi connectivity index (χ3n) is 17.0. The Bertz CT molecular complexity index is 3860. The van der Waals surface area contributed by atoms with Gasteiger partial charge >= 0.3 is 0 Å². The molecule has 5 heteroatoms. The predicted molar refractivity (Wildman–Crippen MR) is 335 cm³/mol. The minimum atomic E-state index is -0.237. The molecule has 11 rings (SSSR count). The second-order valence-corrected chi connectivity index (χ2v) is 25.8. The molecule has 400 valence electrons. The van der Waals surface area contributed by atoms with Crippen LogP contribution in [0.3, 0.4) is 0 Å². The first-order valence-corrected chi connectivity index (χ1v) is 28.5. The molecule has 0 fully saturated rings. The van der Waals surface area contributed by atoms with Gasteiger partial charge in [0.15, 0.2) is 0 Å². The summed E-state index contributed by atoms with van der Waals surface area (Å²) >= 11 is 0. The highest BCUT2D eigenvalue weighted by molar-refractivity contribution is 6.09. The molecule has 0 saturated heterocycles. The van der Waals surface area contributed by atoms with E-state index in [0.29, 0.717) is 18.5 Å². The molecule has 0 atom stereocenters. The third-order valence-corrected chi connectivity index (χ3v) is 17.0. The van der Waals surface area contributed by atoms with Crippen LogP contribution in [0.4, 0.5) is 22.7 Å². The Labute approximate surface area is 470 Å². The lowest BCUT2D eigenvalue weighted by atomic mass is 9.75. The van der Waals surface area contributed by atoms with Gasteiger partial charge in [0.05, 0.1) is 22.4 Å². The van der Waals surface area contributed by atoms with Gasteiger partial charge in [0.2, 0.25) is 0 Å². The van der Waals surface area contributed by atoms with E-state index in [1.54, 1.807) is 0 Å². The summed E-state index contributed by atoms with van der Waals surface area (Å²) < 4.78 is 9.62. The van der Waals surface area contributed by atoms with Gasteiger partial charge in [0, 0.05) is 51.3 Å². The Hall–Kier alpha value is -7.89. The Morgan fingerprint density at radius 3 is 1.65 bits per heavy atom. The summed E-state index contributed by atoms with van der Waals surface area (Å²) in [6.07, 6.45) is 1.96. The fourth-order valence-corrected chi connectivity index (χ4v) is 11.9. The molecule has 10 aromatic rings. The van der Waals surface area contributed by atoms with Gasteiger partial charge in [0.1, 0.15) is 24.0 Å². The molecule has 3 heterocycles. The van der Waals surface area contributed by atoms with E-state index < -0.39 is 0 Å². The van der Waals surface area contributed by atoms with Crippen molar-refractivity contribution in [1.82, 2.24) is 9.55 Å². The zero-order chi connectivity index (χ0) is 55.8. The van der Waals surface area contributed by atoms with E-state index in [1.165, 1.54) is 72.5 Å². The zero-order valence-corrected chi connectivity index (χ0v) is 49.0. The van der Waals surface area contributed by atoms with Gasteiger partial charge in [0.25, 0.3) is 0 Å². The van der Waals surface area contributed by atoms with Crippen LogP contribution in [0.25, 0.3) is 38.8 Å². The molecule has 0 amide bonds. The van der Waals surface area contributed by atoms with Crippen LogP contribution in [0.2, 0.25) is 0 Å². The fraction of sp³-hybridized carbons (Fsp3) is 0.284. The summed E-state index contributed by atoms with van der Waals surface area (Å²) in [5, 5.41) is 2.32. The van der Waals surface area contributed by atoms with Crippen LogP contribution in [0, 0.1) is 0 Å². The van der Waals surface area contributed by atoms with E-state index in [2.05, 4.69) is 299 Å². The molecular formula is C74H78N4O. The van der Waals surface area contributed by atoms with E-state index in [9.17, 15) is 0 Å². The lowest BCUT2D eigenvalue weighted by molar-refractivity contribution is 0.483. The lowest BCUT2D eigenvalue weighted by Crippen LogP contribution is -2.26. The van der Waals surface area contributed by atoms with Gasteiger partial charge in [-0.05, 0) is 145 Å². The molecule has 5 nitrogen and oxygen atoms in total. The molecule has 0 bridgehead atoms.